The van der Waals surface area contributed by atoms with Crippen LogP contribution in [0.1, 0.15) is 5.56 Å². The summed E-state index contributed by atoms with van der Waals surface area (Å²) in [6.07, 6.45) is 4.96. The summed E-state index contributed by atoms with van der Waals surface area (Å²) in [5, 5.41) is 3.01. The van der Waals surface area contributed by atoms with E-state index in [1.54, 1.807) is 29.4 Å². The maximum atomic E-state index is 13.7. The molecule has 0 aliphatic carbocycles. The second-order valence-corrected chi connectivity index (χ2v) is 3.25. The summed E-state index contributed by atoms with van der Waals surface area (Å²) in [6, 6.07) is 5.06. The molecule has 0 saturated carbocycles. The molecule has 0 unspecified atom stereocenters. The van der Waals surface area contributed by atoms with Crippen molar-refractivity contribution in [1.82, 2.24) is 14.9 Å². The minimum Gasteiger partial charge on any atom is -0.316 e. The van der Waals surface area contributed by atoms with Gasteiger partial charge in [-0.25, -0.2) is 9.37 Å². The first-order chi connectivity index (χ1) is 7.33. The van der Waals surface area contributed by atoms with Gasteiger partial charge in [0.1, 0.15) is 5.82 Å². The minimum atomic E-state index is -0.235. The second-order valence-electron chi connectivity index (χ2n) is 3.25. The van der Waals surface area contributed by atoms with Crippen LogP contribution in [-0.4, -0.2) is 16.6 Å². The molecular weight excluding hydrogens is 193 g/mol. The van der Waals surface area contributed by atoms with Crippen LogP contribution in [0.15, 0.2) is 36.9 Å². The molecule has 1 aromatic heterocycles. The molecule has 0 radical (unpaired) electrons. The van der Waals surface area contributed by atoms with Crippen LogP contribution in [0.5, 0.6) is 0 Å². The van der Waals surface area contributed by atoms with Gasteiger partial charge in [-0.3, -0.25) is 0 Å². The Labute approximate surface area is 87.6 Å². The van der Waals surface area contributed by atoms with Crippen molar-refractivity contribution in [2.75, 3.05) is 7.05 Å². The molecule has 15 heavy (non-hydrogen) atoms. The van der Waals surface area contributed by atoms with E-state index >= 15 is 0 Å². The SMILES string of the molecule is CNCc1cccc(F)c1-n1ccnc1. The highest BCUT2D eigenvalue weighted by molar-refractivity contribution is 5.42. The Morgan fingerprint density at radius 1 is 1.47 bits per heavy atom. The fraction of sp³-hybridized carbons (Fsp3) is 0.182. The summed E-state index contributed by atoms with van der Waals surface area (Å²) in [7, 11) is 1.84. The molecular formula is C11H12FN3. The number of nitrogens with zero attached hydrogens (tertiary/aromatic N) is 2. The predicted octanol–water partition coefficient (Wildman–Crippen LogP) is 1.73. The lowest BCUT2D eigenvalue weighted by Crippen LogP contribution is -2.09. The van der Waals surface area contributed by atoms with Gasteiger partial charge in [0.25, 0.3) is 0 Å². The van der Waals surface area contributed by atoms with Crippen molar-refractivity contribution in [3.8, 4) is 5.69 Å². The number of hydrogen-bond donors (Lipinski definition) is 1. The monoisotopic (exact) mass is 205 g/mol. The third-order valence-electron chi connectivity index (χ3n) is 2.20. The van der Waals surface area contributed by atoms with Gasteiger partial charge in [-0.15, -0.1) is 0 Å². The van der Waals surface area contributed by atoms with Crippen molar-refractivity contribution >= 4 is 0 Å². The first-order valence-corrected chi connectivity index (χ1v) is 4.73. The van der Waals surface area contributed by atoms with E-state index in [-0.39, 0.29) is 5.82 Å². The quantitative estimate of drug-likeness (QED) is 0.827. The van der Waals surface area contributed by atoms with Gasteiger partial charge in [0.05, 0.1) is 12.0 Å². The van der Waals surface area contributed by atoms with Gasteiger partial charge in [-0.2, -0.15) is 0 Å². The third kappa shape index (κ3) is 1.89. The number of hydrogen-bond acceptors (Lipinski definition) is 2. The highest BCUT2D eigenvalue weighted by Crippen LogP contribution is 2.18. The van der Waals surface area contributed by atoms with Crippen LogP contribution in [0, 0.1) is 5.82 Å². The van der Waals surface area contributed by atoms with Crippen molar-refractivity contribution in [2.24, 2.45) is 0 Å². The van der Waals surface area contributed by atoms with Crippen LogP contribution in [-0.2, 0) is 6.54 Å². The van der Waals surface area contributed by atoms with E-state index in [9.17, 15) is 4.39 Å². The molecule has 1 N–H and O–H groups in total. The normalized spacial score (nSPS) is 10.5. The summed E-state index contributed by atoms with van der Waals surface area (Å²) in [4.78, 5) is 3.92. The van der Waals surface area contributed by atoms with Gasteiger partial charge < -0.3 is 9.88 Å². The van der Waals surface area contributed by atoms with Crippen LogP contribution in [0.4, 0.5) is 4.39 Å². The molecule has 0 amide bonds. The second kappa shape index (κ2) is 4.23. The Balaban J connectivity index is 2.52. The first kappa shape index (κ1) is 9.86. The summed E-state index contributed by atoms with van der Waals surface area (Å²) >= 11 is 0. The number of halogens is 1. The Hall–Kier alpha value is -1.68. The Morgan fingerprint density at radius 3 is 3.00 bits per heavy atom. The zero-order valence-corrected chi connectivity index (χ0v) is 8.44. The number of imidazole rings is 1. The number of para-hydroxylation sites is 1. The van der Waals surface area contributed by atoms with Crippen LogP contribution in [0.3, 0.4) is 0 Å². The zero-order valence-electron chi connectivity index (χ0n) is 8.44. The third-order valence-corrected chi connectivity index (χ3v) is 2.20. The number of nitrogens with one attached hydrogen (secondary N) is 1. The molecule has 2 aromatic rings. The van der Waals surface area contributed by atoms with E-state index in [0.717, 1.165) is 5.56 Å². The molecule has 78 valence electrons. The summed E-state index contributed by atoms with van der Waals surface area (Å²) in [5.74, 6) is -0.235. The van der Waals surface area contributed by atoms with E-state index in [1.807, 2.05) is 13.1 Å². The van der Waals surface area contributed by atoms with Crippen LogP contribution < -0.4 is 5.32 Å². The lowest BCUT2D eigenvalue weighted by Gasteiger charge is -2.10. The van der Waals surface area contributed by atoms with E-state index in [2.05, 4.69) is 10.3 Å². The molecule has 2 rings (SSSR count). The molecule has 0 spiro atoms. The van der Waals surface area contributed by atoms with Crippen molar-refractivity contribution in [3.63, 3.8) is 0 Å². The lowest BCUT2D eigenvalue weighted by atomic mass is 10.1. The molecule has 0 atom stereocenters. The van der Waals surface area contributed by atoms with E-state index in [1.165, 1.54) is 6.07 Å². The van der Waals surface area contributed by atoms with Gasteiger partial charge in [0, 0.05) is 18.9 Å². The number of aromatic nitrogens is 2. The summed E-state index contributed by atoms with van der Waals surface area (Å²) < 4.78 is 15.3. The van der Waals surface area contributed by atoms with Gasteiger partial charge in [0.2, 0.25) is 0 Å². The van der Waals surface area contributed by atoms with Crippen LogP contribution >= 0.6 is 0 Å². The van der Waals surface area contributed by atoms with E-state index in [0.29, 0.717) is 12.2 Å². The average Bonchev–Trinajstić information content (AvgIpc) is 2.71. The van der Waals surface area contributed by atoms with Gasteiger partial charge >= 0.3 is 0 Å². The Morgan fingerprint density at radius 2 is 2.33 bits per heavy atom. The summed E-state index contributed by atoms with van der Waals surface area (Å²) in [5.41, 5.74) is 1.47. The Kier molecular flexibility index (Phi) is 2.78. The van der Waals surface area contributed by atoms with Crippen molar-refractivity contribution < 1.29 is 4.39 Å². The number of rotatable bonds is 3. The van der Waals surface area contributed by atoms with Gasteiger partial charge in [-0.05, 0) is 18.7 Å². The standard InChI is InChI=1S/C11H12FN3/c1-13-7-9-3-2-4-10(12)11(9)15-6-5-14-8-15/h2-6,8,13H,7H2,1H3. The maximum Gasteiger partial charge on any atom is 0.147 e. The molecule has 0 aliphatic heterocycles. The first-order valence-electron chi connectivity index (χ1n) is 4.73. The molecule has 3 nitrogen and oxygen atoms in total. The van der Waals surface area contributed by atoms with Crippen LogP contribution in [0.2, 0.25) is 0 Å². The fourth-order valence-corrected chi connectivity index (χ4v) is 1.57. The van der Waals surface area contributed by atoms with E-state index in [4.69, 9.17) is 0 Å². The highest BCUT2D eigenvalue weighted by Gasteiger charge is 2.08. The highest BCUT2D eigenvalue weighted by atomic mass is 19.1. The van der Waals surface area contributed by atoms with Crippen LogP contribution in [0.25, 0.3) is 5.69 Å². The lowest BCUT2D eigenvalue weighted by molar-refractivity contribution is 0.613. The van der Waals surface area contributed by atoms with Crippen molar-refractivity contribution in [1.29, 1.82) is 0 Å². The molecule has 0 saturated heterocycles. The summed E-state index contributed by atoms with van der Waals surface area (Å²) in [6.45, 7) is 0.630. The van der Waals surface area contributed by atoms with Crippen molar-refractivity contribution in [3.05, 3.63) is 48.3 Å². The number of benzene rings is 1. The predicted molar refractivity (Wildman–Crippen MR) is 56.3 cm³/mol. The van der Waals surface area contributed by atoms with E-state index < -0.39 is 0 Å². The largest absolute Gasteiger partial charge is 0.316 e. The maximum absolute atomic E-state index is 13.7. The topological polar surface area (TPSA) is 29.9 Å². The Bertz CT molecular complexity index is 437. The molecule has 0 bridgehead atoms. The van der Waals surface area contributed by atoms with Crippen molar-refractivity contribution in [2.45, 2.75) is 6.54 Å². The van der Waals surface area contributed by atoms with Gasteiger partial charge in [-0.1, -0.05) is 12.1 Å². The molecule has 1 heterocycles. The smallest absolute Gasteiger partial charge is 0.147 e. The molecule has 4 heteroatoms. The molecule has 0 fully saturated rings. The zero-order chi connectivity index (χ0) is 10.7. The average molecular weight is 205 g/mol. The molecule has 0 aliphatic rings. The minimum absolute atomic E-state index is 0.235. The molecule has 1 aromatic carbocycles. The van der Waals surface area contributed by atoms with Gasteiger partial charge in [0.15, 0.2) is 0 Å². The fourth-order valence-electron chi connectivity index (χ4n) is 1.57.